The summed E-state index contributed by atoms with van der Waals surface area (Å²) in [5, 5.41) is 0. The Kier molecular flexibility index (Phi) is 1.92. The molecule has 3 heterocycles. The Labute approximate surface area is 68.2 Å². The normalized spacial score (nSPS) is 45.9. The third-order valence-electron chi connectivity index (χ3n) is 2.98. The lowest BCUT2D eigenvalue weighted by atomic mass is 9.84. The highest BCUT2D eigenvalue weighted by molar-refractivity contribution is 7.80. The molecule has 0 amide bonds. The zero-order valence-electron chi connectivity index (χ0n) is 6.29. The zero-order valence-corrected chi connectivity index (χ0v) is 7.19. The van der Waals surface area contributed by atoms with Crippen LogP contribution < -0.4 is 0 Å². The van der Waals surface area contributed by atoms with E-state index in [4.69, 9.17) is 0 Å². The van der Waals surface area contributed by atoms with Crippen LogP contribution in [0.3, 0.4) is 0 Å². The maximum atomic E-state index is 4.36. The van der Waals surface area contributed by atoms with Crippen LogP contribution in [0.15, 0.2) is 0 Å². The first kappa shape index (κ1) is 6.99. The van der Waals surface area contributed by atoms with Gasteiger partial charge in [0.1, 0.15) is 0 Å². The van der Waals surface area contributed by atoms with Crippen molar-refractivity contribution in [2.45, 2.75) is 25.3 Å². The molecule has 1 unspecified atom stereocenters. The van der Waals surface area contributed by atoms with Gasteiger partial charge in [0.15, 0.2) is 0 Å². The Hall–Kier alpha value is 0.310. The van der Waals surface area contributed by atoms with Gasteiger partial charge >= 0.3 is 0 Å². The molecule has 3 saturated heterocycles. The van der Waals surface area contributed by atoms with E-state index >= 15 is 0 Å². The second kappa shape index (κ2) is 2.74. The third kappa shape index (κ3) is 1.08. The number of fused-ring (bicyclic) bond motifs is 3. The lowest BCUT2D eigenvalue weighted by Crippen LogP contribution is -2.49. The molecule has 0 aromatic carbocycles. The molecule has 0 spiro atoms. The number of hydrogen-bond acceptors (Lipinski definition) is 2. The first-order valence-corrected chi connectivity index (χ1v) is 4.88. The van der Waals surface area contributed by atoms with Gasteiger partial charge < -0.3 is 0 Å². The van der Waals surface area contributed by atoms with E-state index in [1.54, 1.807) is 0 Å². The monoisotopic (exact) mass is 157 g/mol. The highest BCUT2D eigenvalue weighted by atomic mass is 32.1. The fourth-order valence-corrected chi connectivity index (χ4v) is 2.66. The van der Waals surface area contributed by atoms with Gasteiger partial charge in [0.2, 0.25) is 0 Å². The molecule has 2 bridgehead atoms. The van der Waals surface area contributed by atoms with Crippen LogP contribution in [0.25, 0.3) is 0 Å². The molecule has 3 fully saturated rings. The van der Waals surface area contributed by atoms with Crippen molar-refractivity contribution in [3.05, 3.63) is 0 Å². The molecule has 3 aliphatic heterocycles. The Morgan fingerprint density at radius 2 is 2.00 bits per heavy atom. The molecule has 3 aliphatic rings. The number of piperidine rings is 3. The number of nitrogens with zero attached hydrogens (tertiary/aromatic N) is 1. The lowest BCUT2D eigenvalue weighted by Gasteiger charge is -2.44. The minimum Gasteiger partial charge on any atom is -0.300 e. The molecule has 58 valence electrons. The van der Waals surface area contributed by atoms with Gasteiger partial charge in [-0.2, -0.15) is 12.6 Å². The van der Waals surface area contributed by atoms with Crippen LogP contribution in [0, 0.1) is 5.92 Å². The van der Waals surface area contributed by atoms with E-state index in [9.17, 15) is 0 Å². The van der Waals surface area contributed by atoms with Crippen molar-refractivity contribution in [3.8, 4) is 0 Å². The van der Waals surface area contributed by atoms with Gasteiger partial charge in [0.05, 0.1) is 0 Å². The summed E-state index contributed by atoms with van der Waals surface area (Å²) in [6, 6.07) is 0.816. The van der Waals surface area contributed by atoms with E-state index in [1.165, 1.54) is 32.4 Å². The average molecular weight is 157 g/mol. The van der Waals surface area contributed by atoms with E-state index in [1.807, 2.05) is 0 Å². The summed E-state index contributed by atoms with van der Waals surface area (Å²) in [7, 11) is 0. The first-order chi connectivity index (χ1) is 4.90. The average Bonchev–Trinajstić information content (AvgIpc) is 2.06. The molecular weight excluding hydrogens is 142 g/mol. The maximum absolute atomic E-state index is 4.36. The lowest BCUT2D eigenvalue weighted by molar-refractivity contribution is 0.0620. The highest BCUT2D eigenvalue weighted by Crippen LogP contribution is 2.31. The minimum absolute atomic E-state index is 0.816. The van der Waals surface area contributed by atoms with E-state index in [0.717, 1.165) is 17.7 Å². The van der Waals surface area contributed by atoms with E-state index in [0.29, 0.717) is 0 Å². The van der Waals surface area contributed by atoms with Crippen molar-refractivity contribution in [1.29, 1.82) is 0 Å². The number of rotatable bonds is 1. The highest BCUT2D eigenvalue weighted by Gasteiger charge is 2.32. The largest absolute Gasteiger partial charge is 0.300 e. The standard InChI is InChI=1S/C8H15NS/c10-6-8-5-7-1-3-9(8)4-2-7/h7-8,10H,1-6H2. The van der Waals surface area contributed by atoms with Gasteiger partial charge in [-0.1, -0.05) is 0 Å². The van der Waals surface area contributed by atoms with Gasteiger partial charge in [-0.05, 0) is 38.3 Å². The van der Waals surface area contributed by atoms with E-state index in [2.05, 4.69) is 17.5 Å². The molecule has 3 rings (SSSR count). The van der Waals surface area contributed by atoms with Crippen molar-refractivity contribution < 1.29 is 0 Å². The van der Waals surface area contributed by atoms with Gasteiger partial charge in [0.25, 0.3) is 0 Å². The zero-order chi connectivity index (χ0) is 6.97. The van der Waals surface area contributed by atoms with Crippen LogP contribution in [-0.4, -0.2) is 29.8 Å². The topological polar surface area (TPSA) is 3.24 Å². The molecule has 0 aromatic rings. The van der Waals surface area contributed by atoms with Gasteiger partial charge in [-0.25, -0.2) is 0 Å². The van der Waals surface area contributed by atoms with Crippen LogP contribution in [0.2, 0.25) is 0 Å². The summed E-state index contributed by atoms with van der Waals surface area (Å²) in [4.78, 5) is 2.60. The number of hydrogen-bond donors (Lipinski definition) is 1. The van der Waals surface area contributed by atoms with E-state index in [-0.39, 0.29) is 0 Å². The predicted molar refractivity (Wildman–Crippen MR) is 46.6 cm³/mol. The molecule has 0 saturated carbocycles. The van der Waals surface area contributed by atoms with Crippen molar-refractivity contribution in [3.63, 3.8) is 0 Å². The quantitative estimate of drug-likeness (QED) is 0.563. The first-order valence-electron chi connectivity index (χ1n) is 4.25. The van der Waals surface area contributed by atoms with Crippen molar-refractivity contribution >= 4 is 12.6 Å². The fraction of sp³-hybridized carbons (Fsp3) is 1.00. The molecule has 1 nitrogen and oxygen atoms in total. The molecular formula is C8H15NS. The van der Waals surface area contributed by atoms with E-state index < -0.39 is 0 Å². The Balaban J connectivity index is 2.01. The maximum Gasteiger partial charge on any atom is 0.0186 e. The van der Waals surface area contributed by atoms with Crippen LogP contribution in [0.4, 0.5) is 0 Å². The SMILES string of the molecule is SCC1CC2CCN1CC2. The summed E-state index contributed by atoms with van der Waals surface area (Å²) in [6.07, 6.45) is 4.32. The molecule has 1 atom stereocenters. The summed E-state index contributed by atoms with van der Waals surface area (Å²) in [5.74, 6) is 2.11. The smallest absolute Gasteiger partial charge is 0.0186 e. The molecule has 0 N–H and O–H groups in total. The van der Waals surface area contributed by atoms with Crippen molar-refractivity contribution in [1.82, 2.24) is 4.90 Å². The Bertz CT molecular complexity index is 118. The summed E-state index contributed by atoms with van der Waals surface area (Å²) in [6.45, 7) is 2.69. The summed E-state index contributed by atoms with van der Waals surface area (Å²) >= 11 is 4.36. The Morgan fingerprint density at radius 1 is 1.30 bits per heavy atom. The molecule has 0 aromatic heterocycles. The van der Waals surface area contributed by atoms with Crippen LogP contribution >= 0.6 is 12.6 Å². The number of thiol groups is 1. The van der Waals surface area contributed by atoms with Crippen LogP contribution in [-0.2, 0) is 0 Å². The van der Waals surface area contributed by atoms with Gasteiger partial charge in [0, 0.05) is 11.8 Å². The van der Waals surface area contributed by atoms with Gasteiger partial charge in [-0.15, -0.1) is 0 Å². The summed E-state index contributed by atoms with van der Waals surface area (Å²) in [5.41, 5.74) is 0. The van der Waals surface area contributed by atoms with Crippen molar-refractivity contribution in [2.24, 2.45) is 5.92 Å². The van der Waals surface area contributed by atoms with Gasteiger partial charge in [-0.3, -0.25) is 4.90 Å². The molecule has 10 heavy (non-hydrogen) atoms. The summed E-state index contributed by atoms with van der Waals surface area (Å²) < 4.78 is 0. The second-order valence-electron chi connectivity index (χ2n) is 3.55. The van der Waals surface area contributed by atoms with Crippen LogP contribution in [0.1, 0.15) is 19.3 Å². The van der Waals surface area contributed by atoms with Crippen LogP contribution in [0.5, 0.6) is 0 Å². The molecule has 2 heteroatoms. The van der Waals surface area contributed by atoms with Crippen molar-refractivity contribution in [2.75, 3.05) is 18.8 Å². The second-order valence-corrected chi connectivity index (χ2v) is 3.92. The third-order valence-corrected chi connectivity index (χ3v) is 3.40. The Morgan fingerprint density at radius 3 is 2.30 bits per heavy atom. The fourth-order valence-electron chi connectivity index (χ4n) is 2.28. The predicted octanol–water partition coefficient (Wildman–Crippen LogP) is 1.40. The molecule has 0 radical (unpaired) electrons. The minimum atomic E-state index is 0.816. The molecule has 0 aliphatic carbocycles.